The number of halogens is 1. The Hall–Kier alpha value is -1.93. The maximum absolute atomic E-state index is 12.4. The van der Waals surface area contributed by atoms with E-state index in [4.69, 9.17) is 0 Å². The van der Waals surface area contributed by atoms with Crippen LogP contribution in [-0.2, 0) is 7.05 Å². The third-order valence-electron chi connectivity index (χ3n) is 2.87. The molecule has 0 saturated carbocycles. The number of ketones is 1. The van der Waals surface area contributed by atoms with E-state index in [1.807, 2.05) is 12.1 Å². The maximum atomic E-state index is 12.4. The molecule has 1 aromatic carbocycles. The van der Waals surface area contributed by atoms with Crippen LogP contribution in [0.1, 0.15) is 27.5 Å². The summed E-state index contributed by atoms with van der Waals surface area (Å²) in [5, 5.41) is 13.4. The second-order valence-corrected chi connectivity index (χ2v) is 5.20. The second-order valence-electron chi connectivity index (χ2n) is 4.28. The van der Waals surface area contributed by atoms with Gasteiger partial charge in [0.25, 0.3) is 0 Å². The Morgan fingerprint density at radius 3 is 2.53 bits per heavy atom. The van der Waals surface area contributed by atoms with Crippen LogP contribution in [0, 0.1) is 18.3 Å². The third kappa shape index (κ3) is 2.74. The van der Waals surface area contributed by atoms with Crippen molar-refractivity contribution in [1.82, 2.24) is 9.78 Å². The van der Waals surface area contributed by atoms with E-state index < -0.39 is 5.92 Å². The molecule has 0 amide bonds. The van der Waals surface area contributed by atoms with Gasteiger partial charge in [0.1, 0.15) is 5.92 Å². The van der Waals surface area contributed by atoms with Gasteiger partial charge in [-0.25, -0.2) is 0 Å². The number of nitriles is 1. The highest BCUT2D eigenvalue weighted by Crippen LogP contribution is 2.23. The van der Waals surface area contributed by atoms with Gasteiger partial charge in [0.2, 0.25) is 0 Å². The lowest BCUT2D eigenvalue weighted by atomic mass is 9.92. The monoisotopic (exact) mass is 317 g/mol. The molecule has 0 radical (unpaired) electrons. The first-order valence-electron chi connectivity index (χ1n) is 5.72. The van der Waals surface area contributed by atoms with Gasteiger partial charge in [-0.15, -0.1) is 0 Å². The minimum absolute atomic E-state index is 0.213. The number of nitrogens with zero attached hydrogens (tertiary/aromatic N) is 3. The molecule has 0 saturated heterocycles. The number of benzene rings is 1. The number of hydrogen-bond donors (Lipinski definition) is 0. The largest absolute Gasteiger partial charge is 0.292 e. The molecule has 0 aliphatic carbocycles. The molecule has 0 bridgehead atoms. The normalized spacial score (nSPS) is 11.9. The Balaban J connectivity index is 2.38. The van der Waals surface area contributed by atoms with Crippen LogP contribution in [0.3, 0.4) is 0 Å². The highest BCUT2D eigenvalue weighted by molar-refractivity contribution is 9.10. The van der Waals surface area contributed by atoms with Crippen molar-refractivity contribution in [3.05, 3.63) is 51.8 Å². The Labute approximate surface area is 119 Å². The molecule has 1 heterocycles. The molecule has 0 spiro atoms. The fourth-order valence-corrected chi connectivity index (χ4v) is 2.20. The van der Waals surface area contributed by atoms with Crippen molar-refractivity contribution in [2.75, 3.05) is 0 Å². The first-order valence-corrected chi connectivity index (χ1v) is 6.51. The van der Waals surface area contributed by atoms with E-state index in [1.165, 1.54) is 0 Å². The molecule has 1 unspecified atom stereocenters. The highest BCUT2D eigenvalue weighted by Gasteiger charge is 2.24. The van der Waals surface area contributed by atoms with Gasteiger partial charge in [-0.1, -0.05) is 28.1 Å². The van der Waals surface area contributed by atoms with Gasteiger partial charge in [-0.3, -0.25) is 9.48 Å². The molecule has 5 heteroatoms. The molecule has 4 nitrogen and oxygen atoms in total. The summed E-state index contributed by atoms with van der Waals surface area (Å²) < 4.78 is 2.50. The first-order chi connectivity index (χ1) is 9.02. The molecule has 96 valence electrons. The maximum Gasteiger partial charge on any atom is 0.187 e. The van der Waals surface area contributed by atoms with Crippen molar-refractivity contribution in [2.24, 2.45) is 7.05 Å². The van der Waals surface area contributed by atoms with E-state index in [1.54, 1.807) is 37.0 Å². The molecule has 19 heavy (non-hydrogen) atoms. The molecule has 1 aromatic heterocycles. The van der Waals surface area contributed by atoms with E-state index in [0.29, 0.717) is 16.8 Å². The Bertz CT molecular complexity index is 652. The van der Waals surface area contributed by atoms with Crippen molar-refractivity contribution in [2.45, 2.75) is 12.8 Å². The van der Waals surface area contributed by atoms with Crippen molar-refractivity contribution in [3.8, 4) is 6.07 Å². The van der Waals surface area contributed by atoms with Gasteiger partial charge in [0.05, 0.1) is 17.3 Å². The zero-order valence-corrected chi connectivity index (χ0v) is 12.2. The molecule has 2 aromatic rings. The minimum Gasteiger partial charge on any atom is -0.292 e. The minimum atomic E-state index is -0.795. The number of Topliss-reactive ketones (excluding diaryl/α,β-unsaturated/α-hetero) is 1. The number of aryl methyl sites for hydroxylation is 2. The summed E-state index contributed by atoms with van der Waals surface area (Å²) in [7, 11) is 1.75. The number of carbonyl (C=O) groups is 1. The van der Waals surface area contributed by atoms with Crippen molar-refractivity contribution < 1.29 is 4.79 Å². The SMILES string of the molecule is Cc1nn(C)cc1C(=O)C(C#N)c1ccc(Br)cc1. The van der Waals surface area contributed by atoms with Crippen LogP contribution >= 0.6 is 15.9 Å². The zero-order chi connectivity index (χ0) is 14.0. The highest BCUT2D eigenvalue weighted by atomic mass is 79.9. The van der Waals surface area contributed by atoms with Crippen LogP contribution in [0.15, 0.2) is 34.9 Å². The summed E-state index contributed by atoms with van der Waals surface area (Å²) in [5.74, 6) is -1.01. The Morgan fingerprint density at radius 1 is 1.42 bits per heavy atom. The van der Waals surface area contributed by atoms with Crippen LogP contribution in [0.4, 0.5) is 0 Å². The fourth-order valence-electron chi connectivity index (χ4n) is 1.94. The molecule has 0 aliphatic rings. The van der Waals surface area contributed by atoms with E-state index in [2.05, 4.69) is 27.1 Å². The summed E-state index contributed by atoms with van der Waals surface area (Å²) in [6, 6.07) is 9.27. The van der Waals surface area contributed by atoms with Crippen molar-refractivity contribution in [3.63, 3.8) is 0 Å². The van der Waals surface area contributed by atoms with Crippen LogP contribution < -0.4 is 0 Å². The van der Waals surface area contributed by atoms with Crippen molar-refractivity contribution >= 4 is 21.7 Å². The summed E-state index contributed by atoms with van der Waals surface area (Å²) in [6.07, 6.45) is 1.65. The second kappa shape index (κ2) is 5.37. The lowest BCUT2D eigenvalue weighted by molar-refractivity contribution is 0.0978. The van der Waals surface area contributed by atoms with Gasteiger partial charge in [0.15, 0.2) is 5.78 Å². The summed E-state index contributed by atoms with van der Waals surface area (Å²) >= 11 is 3.33. The average Bonchev–Trinajstić information content (AvgIpc) is 2.71. The molecular formula is C14H12BrN3O. The Morgan fingerprint density at radius 2 is 2.05 bits per heavy atom. The first kappa shape index (κ1) is 13.5. The van der Waals surface area contributed by atoms with Gasteiger partial charge in [0, 0.05) is 17.7 Å². The lowest BCUT2D eigenvalue weighted by Gasteiger charge is -2.07. The number of aromatic nitrogens is 2. The van der Waals surface area contributed by atoms with Crippen LogP contribution in [0.5, 0.6) is 0 Å². The molecule has 2 rings (SSSR count). The predicted molar refractivity (Wildman–Crippen MR) is 74.8 cm³/mol. The standard InChI is InChI=1S/C14H12BrN3O/c1-9-13(8-18(2)17-9)14(19)12(7-16)10-3-5-11(15)6-4-10/h3-6,8,12H,1-2H3. The quantitative estimate of drug-likeness (QED) is 0.818. The lowest BCUT2D eigenvalue weighted by Crippen LogP contribution is -2.11. The molecular weight excluding hydrogens is 306 g/mol. The van der Waals surface area contributed by atoms with Crippen molar-refractivity contribution in [1.29, 1.82) is 5.26 Å². The molecule has 1 atom stereocenters. The molecule has 0 fully saturated rings. The average molecular weight is 318 g/mol. The van der Waals surface area contributed by atoms with E-state index in [-0.39, 0.29) is 5.78 Å². The predicted octanol–water partition coefficient (Wildman–Crippen LogP) is 2.98. The summed E-state index contributed by atoms with van der Waals surface area (Å²) in [5.41, 5.74) is 1.83. The number of hydrogen-bond acceptors (Lipinski definition) is 3. The number of carbonyl (C=O) groups excluding carboxylic acids is 1. The van der Waals surface area contributed by atoms with Crippen LogP contribution in [0.2, 0.25) is 0 Å². The van der Waals surface area contributed by atoms with Gasteiger partial charge >= 0.3 is 0 Å². The zero-order valence-electron chi connectivity index (χ0n) is 10.6. The van der Waals surface area contributed by atoms with Crippen LogP contribution in [-0.4, -0.2) is 15.6 Å². The topological polar surface area (TPSA) is 58.7 Å². The number of rotatable bonds is 3. The third-order valence-corrected chi connectivity index (χ3v) is 3.40. The van der Waals surface area contributed by atoms with E-state index >= 15 is 0 Å². The summed E-state index contributed by atoms with van der Waals surface area (Å²) in [6.45, 7) is 1.77. The van der Waals surface area contributed by atoms with Crippen LogP contribution in [0.25, 0.3) is 0 Å². The van der Waals surface area contributed by atoms with E-state index in [9.17, 15) is 10.1 Å². The smallest absolute Gasteiger partial charge is 0.187 e. The Kier molecular flexibility index (Phi) is 3.82. The summed E-state index contributed by atoms with van der Waals surface area (Å²) in [4.78, 5) is 12.4. The molecule has 0 N–H and O–H groups in total. The van der Waals surface area contributed by atoms with Gasteiger partial charge < -0.3 is 0 Å². The van der Waals surface area contributed by atoms with Gasteiger partial charge in [-0.05, 0) is 24.6 Å². The molecule has 0 aliphatic heterocycles. The van der Waals surface area contributed by atoms with E-state index in [0.717, 1.165) is 4.47 Å². The van der Waals surface area contributed by atoms with Gasteiger partial charge in [-0.2, -0.15) is 10.4 Å². The fraction of sp³-hybridized carbons (Fsp3) is 0.214.